The Morgan fingerprint density at radius 1 is 1.27 bits per heavy atom. The summed E-state index contributed by atoms with van der Waals surface area (Å²) >= 11 is 0. The number of rotatable bonds is 4. The summed E-state index contributed by atoms with van der Waals surface area (Å²) in [5.41, 5.74) is 0.690. The van der Waals surface area contributed by atoms with Crippen molar-refractivity contribution in [3.8, 4) is 24.7 Å². The highest BCUT2D eigenvalue weighted by molar-refractivity contribution is 5.96. The number of ketones is 1. The molecule has 1 nitrogen and oxygen atoms in total. The second-order valence-electron chi connectivity index (χ2n) is 3.27. The van der Waals surface area contributed by atoms with Crippen LogP contribution in [0.1, 0.15) is 23.2 Å². The lowest BCUT2D eigenvalue weighted by atomic mass is 9.96. The molecule has 0 saturated carbocycles. The summed E-state index contributed by atoms with van der Waals surface area (Å²) in [6.45, 7) is 0. The molecule has 0 bridgehead atoms. The van der Waals surface area contributed by atoms with Crippen molar-refractivity contribution in [3.63, 3.8) is 0 Å². The van der Waals surface area contributed by atoms with Gasteiger partial charge in [0.25, 0.3) is 0 Å². The molecule has 1 rings (SSSR count). The van der Waals surface area contributed by atoms with Crippen molar-refractivity contribution < 1.29 is 4.79 Å². The van der Waals surface area contributed by atoms with Crippen LogP contribution in [0.3, 0.4) is 0 Å². The Morgan fingerprint density at radius 2 is 1.93 bits per heavy atom. The second kappa shape index (κ2) is 5.68. The standard InChI is InChI=1S/C14H12O/c1-3-8-12(4-2)11-14(15)13-9-6-5-7-10-13/h1-2,5-7,9-10,12H,8,11H2. The van der Waals surface area contributed by atoms with Gasteiger partial charge in [-0.15, -0.1) is 24.7 Å². The Bertz CT molecular complexity index is 403. The summed E-state index contributed by atoms with van der Waals surface area (Å²) in [7, 11) is 0. The monoisotopic (exact) mass is 196 g/mol. The topological polar surface area (TPSA) is 17.1 Å². The van der Waals surface area contributed by atoms with Crippen molar-refractivity contribution >= 4 is 5.78 Å². The molecule has 0 aliphatic carbocycles. The van der Waals surface area contributed by atoms with E-state index in [1.165, 1.54) is 0 Å². The van der Waals surface area contributed by atoms with Crippen LogP contribution in [0.15, 0.2) is 30.3 Å². The number of hydrogen-bond acceptors (Lipinski definition) is 1. The van der Waals surface area contributed by atoms with E-state index in [9.17, 15) is 4.79 Å². The normalized spacial score (nSPS) is 11.1. The Morgan fingerprint density at radius 3 is 2.47 bits per heavy atom. The molecule has 0 heterocycles. The van der Waals surface area contributed by atoms with E-state index < -0.39 is 0 Å². The molecule has 0 spiro atoms. The molecule has 74 valence electrons. The summed E-state index contributed by atoms with van der Waals surface area (Å²) in [5, 5.41) is 0. The van der Waals surface area contributed by atoms with Crippen molar-refractivity contribution in [2.75, 3.05) is 0 Å². The minimum absolute atomic E-state index is 0.0498. The smallest absolute Gasteiger partial charge is 0.164 e. The third-order valence-corrected chi connectivity index (χ3v) is 2.13. The third-order valence-electron chi connectivity index (χ3n) is 2.13. The van der Waals surface area contributed by atoms with Crippen LogP contribution in [-0.4, -0.2) is 5.78 Å². The lowest BCUT2D eigenvalue weighted by Crippen LogP contribution is -2.06. The molecule has 1 atom stereocenters. The number of Topliss-reactive ketones (excluding diaryl/α,β-unsaturated/α-hetero) is 1. The molecule has 1 heteroatoms. The first-order valence-corrected chi connectivity index (χ1v) is 4.75. The molecular weight excluding hydrogens is 184 g/mol. The molecule has 1 aromatic rings. The molecule has 15 heavy (non-hydrogen) atoms. The zero-order valence-electron chi connectivity index (χ0n) is 8.44. The van der Waals surface area contributed by atoms with E-state index in [1.54, 1.807) is 12.1 Å². The lowest BCUT2D eigenvalue weighted by Gasteiger charge is -2.05. The van der Waals surface area contributed by atoms with Gasteiger partial charge in [0.1, 0.15) is 0 Å². The van der Waals surface area contributed by atoms with Gasteiger partial charge in [-0.3, -0.25) is 4.79 Å². The van der Waals surface area contributed by atoms with Gasteiger partial charge in [0, 0.05) is 24.3 Å². The predicted octanol–water partition coefficient (Wildman–Crippen LogP) is 2.53. The molecule has 0 radical (unpaired) electrons. The average Bonchev–Trinajstić information content (AvgIpc) is 2.29. The van der Waals surface area contributed by atoms with E-state index >= 15 is 0 Å². The molecule has 0 saturated heterocycles. The maximum atomic E-state index is 11.7. The highest BCUT2D eigenvalue weighted by atomic mass is 16.1. The fraction of sp³-hybridized carbons (Fsp3) is 0.214. The fourth-order valence-corrected chi connectivity index (χ4v) is 1.30. The van der Waals surface area contributed by atoms with Gasteiger partial charge in [0.2, 0.25) is 0 Å². The van der Waals surface area contributed by atoms with Crippen LogP contribution in [0.4, 0.5) is 0 Å². The van der Waals surface area contributed by atoms with Crippen molar-refractivity contribution in [2.24, 2.45) is 5.92 Å². The van der Waals surface area contributed by atoms with E-state index in [-0.39, 0.29) is 11.7 Å². The first-order chi connectivity index (χ1) is 7.27. The Balaban J connectivity index is 2.65. The van der Waals surface area contributed by atoms with Crippen LogP contribution in [0, 0.1) is 30.6 Å². The van der Waals surface area contributed by atoms with E-state index in [0.29, 0.717) is 18.4 Å². The van der Waals surface area contributed by atoms with E-state index in [0.717, 1.165) is 0 Å². The van der Waals surface area contributed by atoms with Gasteiger partial charge in [-0.1, -0.05) is 30.3 Å². The quantitative estimate of drug-likeness (QED) is 0.534. The van der Waals surface area contributed by atoms with Crippen molar-refractivity contribution in [2.45, 2.75) is 12.8 Å². The van der Waals surface area contributed by atoms with Crippen LogP contribution in [0.25, 0.3) is 0 Å². The highest BCUT2D eigenvalue weighted by Gasteiger charge is 2.11. The first-order valence-electron chi connectivity index (χ1n) is 4.75. The fourth-order valence-electron chi connectivity index (χ4n) is 1.30. The highest BCUT2D eigenvalue weighted by Crippen LogP contribution is 2.12. The number of carbonyl (C=O) groups excluding carboxylic acids is 1. The van der Waals surface area contributed by atoms with Gasteiger partial charge in [-0.2, -0.15) is 0 Å². The minimum atomic E-state index is -0.150. The maximum Gasteiger partial charge on any atom is 0.164 e. The van der Waals surface area contributed by atoms with Crippen LogP contribution < -0.4 is 0 Å². The zero-order chi connectivity index (χ0) is 11.1. The van der Waals surface area contributed by atoms with E-state index in [1.807, 2.05) is 18.2 Å². The zero-order valence-corrected chi connectivity index (χ0v) is 8.44. The van der Waals surface area contributed by atoms with Crippen LogP contribution >= 0.6 is 0 Å². The number of carbonyl (C=O) groups is 1. The van der Waals surface area contributed by atoms with Gasteiger partial charge in [-0.05, 0) is 0 Å². The molecule has 0 aliphatic heterocycles. The average molecular weight is 196 g/mol. The third kappa shape index (κ3) is 3.33. The summed E-state index contributed by atoms with van der Waals surface area (Å²) in [6, 6.07) is 9.10. The van der Waals surface area contributed by atoms with Crippen LogP contribution in [0.5, 0.6) is 0 Å². The molecule has 0 aliphatic rings. The SMILES string of the molecule is C#CCC(C#C)CC(=O)c1ccccc1. The molecular formula is C14H12O. The van der Waals surface area contributed by atoms with Crippen LogP contribution in [0.2, 0.25) is 0 Å². The number of terminal acetylenes is 2. The first kappa shape index (κ1) is 11.1. The maximum absolute atomic E-state index is 11.7. The largest absolute Gasteiger partial charge is 0.294 e. The summed E-state index contributed by atoms with van der Waals surface area (Å²) in [5.74, 6) is 4.92. The van der Waals surface area contributed by atoms with Crippen molar-refractivity contribution in [3.05, 3.63) is 35.9 Å². The van der Waals surface area contributed by atoms with Crippen LogP contribution in [-0.2, 0) is 0 Å². The summed E-state index contributed by atoms with van der Waals surface area (Å²) < 4.78 is 0. The lowest BCUT2D eigenvalue weighted by molar-refractivity contribution is 0.0971. The Hall–Kier alpha value is -1.99. The van der Waals surface area contributed by atoms with Crippen molar-refractivity contribution in [1.29, 1.82) is 0 Å². The van der Waals surface area contributed by atoms with Crippen molar-refractivity contribution in [1.82, 2.24) is 0 Å². The number of benzene rings is 1. The van der Waals surface area contributed by atoms with Gasteiger partial charge < -0.3 is 0 Å². The van der Waals surface area contributed by atoms with E-state index in [4.69, 9.17) is 12.8 Å². The molecule has 0 N–H and O–H groups in total. The Labute approximate surface area is 90.5 Å². The molecule has 0 aromatic heterocycles. The Kier molecular flexibility index (Phi) is 4.20. The minimum Gasteiger partial charge on any atom is -0.294 e. The summed E-state index contributed by atoms with van der Waals surface area (Å²) in [4.78, 5) is 11.7. The van der Waals surface area contributed by atoms with E-state index in [2.05, 4.69) is 11.8 Å². The summed E-state index contributed by atoms with van der Waals surface area (Å²) in [6.07, 6.45) is 11.2. The predicted molar refractivity (Wildman–Crippen MR) is 61.2 cm³/mol. The number of hydrogen-bond donors (Lipinski definition) is 0. The van der Waals surface area contributed by atoms with Gasteiger partial charge in [0.15, 0.2) is 5.78 Å². The van der Waals surface area contributed by atoms with Gasteiger partial charge >= 0.3 is 0 Å². The van der Waals surface area contributed by atoms with Gasteiger partial charge in [0.05, 0.1) is 0 Å². The molecule has 1 aromatic carbocycles. The molecule has 0 amide bonds. The molecule has 0 fully saturated rings. The molecule has 1 unspecified atom stereocenters. The van der Waals surface area contributed by atoms with Gasteiger partial charge in [-0.25, -0.2) is 0 Å². The second-order valence-corrected chi connectivity index (χ2v) is 3.27.